The molecule has 0 aromatic carbocycles. The average molecular weight is 518 g/mol. The number of carbonyl (C=O) groups is 4. The minimum absolute atomic E-state index is 0.0231. The van der Waals surface area contributed by atoms with E-state index in [-0.39, 0.29) is 24.4 Å². The molecule has 0 amide bonds. The van der Waals surface area contributed by atoms with E-state index in [2.05, 4.69) is 0 Å². The van der Waals surface area contributed by atoms with Crippen LogP contribution >= 0.6 is 0 Å². The first-order valence-corrected chi connectivity index (χ1v) is 13.5. The fourth-order valence-electron chi connectivity index (χ4n) is 3.46. The zero-order chi connectivity index (χ0) is 27.8. The Labute approximate surface area is 217 Å². The van der Waals surface area contributed by atoms with E-state index in [0.717, 1.165) is 25.7 Å². The van der Waals surface area contributed by atoms with Crippen LogP contribution in [-0.2, 0) is 23.9 Å². The first-order valence-electron chi connectivity index (χ1n) is 13.5. The van der Waals surface area contributed by atoms with Gasteiger partial charge in [0.05, 0.1) is 0 Å². The maximum atomic E-state index is 11.6. The molecule has 0 fully saturated rings. The summed E-state index contributed by atoms with van der Waals surface area (Å²) in [5.74, 6) is -2.94. The molecule has 0 aromatic rings. The molecule has 9 nitrogen and oxygen atoms in total. The van der Waals surface area contributed by atoms with Gasteiger partial charge in [-0.2, -0.15) is 0 Å². The van der Waals surface area contributed by atoms with E-state index >= 15 is 0 Å². The van der Waals surface area contributed by atoms with Crippen molar-refractivity contribution in [3.05, 3.63) is 0 Å². The number of aliphatic carboxylic acids is 3. The second kappa shape index (κ2) is 23.3. The third-order valence-corrected chi connectivity index (χ3v) is 5.43. The Kier molecular flexibility index (Phi) is 23.3. The highest BCUT2D eigenvalue weighted by Gasteiger charge is 2.15. The van der Waals surface area contributed by atoms with E-state index in [1.54, 1.807) is 0 Å². The maximum absolute atomic E-state index is 11.6. The van der Waals surface area contributed by atoms with Crippen LogP contribution < -0.4 is 5.73 Å². The summed E-state index contributed by atoms with van der Waals surface area (Å²) in [7, 11) is 0. The molecule has 0 aliphatic heterocycles. The predicted molar refractivity (Wildman–Crippen MR) is 140 cm³/mol. The first kappa shape index (κ1) is 36.0. The van der Waals surface area contributed by atoms with E-state index in [1.807, 2.05) is 20.8 Å². The second-order valence-electron chi connectivity index (χ2n) is 10.3. The number of carboxylic acid groups (broad SMARTS) is 3. The highest BCUT2D eigenvalue weighted by molar-refractivity contribution is 5.74. The van der Waals surface area contributed by atoms with Crippen LogP contribution in [0.5, 0.6) is 0 Å². The number of carbonyl (C=O) groups excluding carboxylic acids is 1. The molecule has 0 aliphatic carbocycles. The fourth-order valence-corrected chi connectivity index (χ4v) is 3.46. The number of esters is 1. The van der Waals surface area contributed by atoms with Gasteiger partial charge in [0.25, 0.3) is 0 Å². The molecule has 0 rings (SSSR count). The summed E-state index contributed by atoms with van der Waals surface area (Å²) < 4.78 is 5.30. The fraction of sp³-hybridized carbons (Fsp3) is 0.852. The van der Waals surface area contributed by atoms with Gasteiger partial charge in [-0.25, -0.2) is 0 Å². The van der Waals surface area contributed by atoms with Crippen LogP contribution in [0.2, 0.25) is 0 Å². The van der Waals surface area contributed by atoms with Crippen LogP contribution in [0.4, 0.5) is 0 Å². The van der Waals surface area contributed by atoms with E-state index < -0.39 is 23.9 Å². The Morgan fingerprint density at radius 3 is 1.25 bits per heavy atom. The van der Waals surface area contributed by atoms with Crippen molar-refractivity contribution in [2.24, 2.45) is 5.73 Å². The second-order valence-corrected chi connectivity index (χ2v) is 10.3. The maximum Gasteiger partial charge on any atom is 0.320 e. The van der Waals surface area contributed by atoms with Gasteiger partial charge in [0.1, 0.15) is 11.6 Å². The van der Waals surface area contributed by atoms with Crippen LogP contribution in [0.25, 0.3) is 0 Å². The standard InChI is InChI=1S/C22H42O4.C5H9NO4/c1-22(2,3)26-21(25)19-17-15-13-11-9-7-5-4-6-8-10-12-14-16-18-20(23)24;6-3(5(9)10)1-2-4(7)8/h4-19H2,1-3H3,(H,23,24);3H,1-2,6H2,(H,7,8)(H,9,10). The molecule has 0 heterocycles. The molecule has 9 heteroatoms. The van der Waals surface area contributed by atoms with Crippen molar-refractivity contribution >= 4 is 23.9 Å². The topological polar surface area (TPSA) is 164 Å². The summed E-state index contributed by atoms with van der Waals surface area (Å²) in [4.78, 5) is 41.8. The SMILES string of the molecule is CC(C)(C)OC(=O)CCCCCCCCCCCCCCCCC(=O)O.NC(CCC(=O)O)C(=O)O. The molecule has 0 bridgehead atoms. The molecule has 0 saturated carbocycles. The van der Waals surface area contributed by atoms with Crippen molar-refractivity contribution in [1.29, 1.82) is 0 Å². The van der Waals surface area contributed by atoms with Crippen molar-refractivity contribution < 1.29 is 39.2 Å². The monoisotopic (exact) mass is 517 g/mol. The first-order chi connectivity index (χ1) is 16.8. The van der Waals surface area contributed by atoms with Gasteiger partial charge in [-0.1, -0.05) is 77.0 Å². The third-order valence-electron chi connectivity index (χ3n) is 5.43. The summed E-state index contributed by atoms with van der Waals surface area (Å²) in [5, 5.41) is 24.8. The molecule has 1 unspecified atom stereocenters. The van der Waals surface area contributed by atoms with Crippen molar-refractivity contribution in [3.63, 3.8) is 0 Å². The van der Waals surface area contributed by atoms with E-state index in [0.29, 0.717) is 12.8 Å². The van der Waals surface area contributed by atoms with Crippen LogP contribution in [0, 0.1) is 0 Å². The van der Waals surface area contributed by atoms with Gasteiger partial charge < -0.3 is 25.8 Å². The molecule has 0 spiro atoms. The molecule has 0 aliphatic rings. The molecule has 0 saturated heterocycles. The Bertz CT molecular complexity index is 601. The molecule has 212 valence electrons. The van der Waals surface area contributed by atoms with Gasteiger partial charge in [-0.05, 0) is 40.0 Å². The summed E-state index contributed by atoms with van der Waals surface area (Å²) in [5.41, 5.74) is 4.64. The van der Waals surface area contributed by atoms with Crippen LogP contribution in [0.15, 0.2) is 0 Å². The normalized spacial score (nSPS) is 11.8. The number of hydrogen-bond donors (Lipinski definition) is 4. The van der Waals surface area contributed by atoms with Gasteiger partial charge in [-0.3, -0.25) is 19.2 Å². The Balaban J connectivity index is 0. The van der Waals surface area contributed by atoms with Crippen LogP contribution in [-0.4, -0.2) is 50.8 Å². The summed E-state index contributed by atoms with van der Waals surface area (Å²) in [6.45, 7) is 5.73. The minimum Gasteiger partial charge on any atom is -0.481 e. The quantitative estimate of drug-likeness (QED) is 0.107. The zero-order valence-electron chi connectivity index (χ0n) is 22.8. The molecule has 0 radical (unpaired) electrons. The predicted octanol–water partition coefficient (Wildman–Crippen LogP) is 5.92. The highest BCUT2D eigenvalue weighted by atomic mass is 16.6. The van der Waals surface area contributed by atoms with Gasteiger partial charge in [0.15, 0.2) is 0 Å². The van der Waals surface area contributed by atoms with Gasteiger partial charge in [0, 0.05) is 19.3 Å². The molecule has 0 aromatic heterocycles. The van der Waals surface area contributed by atoms with E-state index in [4.69, 9.17) is 25.8 Å². The summed E-state index contributed by atoms with van der Waals surface area (Å²) in [6, 6.07) is -1.06. The molecular formula is C27H51NO8. The third kappa shape index (κ3) is 31.8. The van der Waals surface area contributed by atoms with Gasteiger partial charge in [-0.15, -0.1) is 0 Å². The van der Waals surface area contributed by atoms with Crippen molar-refractivity contribution in [1.82, 2.24) is 0 Å². The van der Waals surface area contributed by atoms with Gasteiger partial charge >= 0.3 is 23.9 Å². The smallest absolute Gasteiger partial charge is 0.320 e. The number of ether oxygens (including phenoxy) is 1. The Morgan fingerprint density at radius 1 is 0.611 bits per heavy atom. The van der Waals surface area contributed by atoms with E-state index in [1.165, 1.54) is 64.2 Å². The lowest BCUT2D eigenvalue weighted by atomic mass is 10.0. The van der Waals surface area contributed by atoms with Gasteiger partial charge in [0.2, 0.25) is 0 Å². The van der Waals surface area contributed by atoms with E-state index in [9.17, 15) is 19.2 Å². The Morgan fingerprint density at radius 2 is 0.944 bits per heavy atom. The zero-order valence-corrected chi connectivity index (χ0v) is 22.8. The molecule has 1 atom stereocenters. The number of carboxylic acids is 3. The molecule has 5 N–H and O–H groups in total. The number of rotatable bonds is 21. The lowest BCUT2D eigenvalue weighted by Gasteiger charge is -2.19. The van der Waals surface area contributed by atoms with Crippen molar-refractivity contribution in [2.75, 3.05) is 0 Å². The lowest BCUT2D eigenvalue weighted by molar-refractivity contribution is -0.155. The Hall–Kier alpha value is -2.16. The molecule has 36 heavy (non-hydrogen) atoms. The molecular weight excluding hydrogens is 466 g/mol. The summed E-state index contributed by atoms with van der Waals surface area (Å²) >= 11 is 0. The summed E-state index contributed by atoms with van der Waals surface area (Å²) in [6.07, 6.45) is 17.4. The number of nitrogens with two attached hydrogens (primary N) is 1. The largest absolute Gasteiger partial charge is 0.481 e. The lowest BCUT2D eigenvalue weighted by Crippen LogP contribution is -2.30. The number of hydrogen-bond acceptors (Lipinski definition) is 6. The van der Waals surface area contributed by atoms with Crippen molar-refractivity contribution in [3.8, 4) is 0 Å². The van der Waals surface area contributed by atoms with Crippen LogP contribution in [0.3, 0.4) is 0 Å². The van der Waals surface area contributed by atoms with Crippen LogP contribution in [0.1, 0.15) is 136 Å². The van der Waals surface area contributed by atoms with Crippen molar-refractivity contribution in [2.45, 2.75) is 148 Å². The average Bonchev–Trinajstić information content (AvgIpc) is 2.76. The minimum atomic E-state index is -1.17. The highest BCUT2D eigenvalue weighted by Crippen LogP contribution is 2.15. The number of unbranched alkanes of at least 4 members (excludes halogenated alkanes) is 13.